The van der Waals surface area contributed by atoms with Crippen LogP contribution in [0.1, 0.15) is 24.3 Å². The topological polar surface area (TPSA) is 59.8 Å². The Balaban J connectivity index is 2.15. The molecule has 5 nitrogen and oxygen atoms in total. The highest BCUT2D eigenvalue weighted by Gasteiger charge is 2.22. The molecule has 0 unspecified atom stereocenters. The number of nitrogens with zero attached hydrogens (tertiary/aromatic N) is 3. The predicted molar refractivity (Wildman–Crippen MR) is 89.4 cm³/mol. The van der Waals surface area contributed by atoms with Crippen molar-refractivity contribution in [3.05, 3.63) is 66.4 Å². The molecule has 0 saturated carbocycles. The van der Waals surface area contributed by atoms with Crippen molar-refractivity contribution in [2.75, 3.05) is 0 Å². The highest BCUT2D eigenvalue weighted by atomic mass is 16.2. The zero-order valence-corrected chi connectivity index (χ0v) is 13.1. The van der Waals surface area contributed by atoms with E-state index in [4.69, 9.17) is 0 Å². The van der Waals surface area contributed by atoms with Crippen LogP contribution in [0.4, 0.5) is 0 Å². The minimum Gasteiger partial charge on any atom is -0.348 e. The van der Waals surface area contributed by atoms with Crippen molar-refractivity contribution in [1.29, 1.82) is 0 Å². The minimum absolute atomic E-state index is 0.0352. The highest BCUT2D eigenvalue weighted by Crippen LogP contribution is 2.25. The molecule has 3 rings (SSSR count). The summed E-state index contributed by atoms with van der Waals surface area (Å²) in [7, 11) is 0. The number of hydrogen-bond acceptors (Lipinski definition) is 3. The van der Waals surface area contributed by atoms with E-state index in [1.54, 1.807) is 4.68 Å². The third-order valence-corrected chi connectivity index (χ3v) is 3.35. The van der Waals surface area contributed by atoms with Gasteiger partial charge in [-0.15, -0.1) is 5.10 Å². The average molecular weight is 306 g/mol. The largest absolute Gasteiger partial charge is 0.348 e. The van der Waals surface area contributed by atoms with Gasteiger partial charge in [-0.25, -0.2) is 4.68 Å². The molecule has 0 atom stereocenters. The van der Waals surface area contributed by atoms with Gasteiger partial charge in [0, 0.05) is 11.6 Å². The lowest BCUT2D eigenvalue weighted by molar-refractivity contribution is 0.0938. The fourth-order valence-corrected chi connectivity index (χ4v) is 2.37. The first kappa shape index (κ1) is 15.0. The summed E-state index contributed by atoms with van der Waals surface area (Å²) < 4.78 is 1.70. The number of aromatic nitrogens is 3. The van der Waals surface area contributed by atoms with Gasteiger partial charge in [0.05, 0.1) is 5.69 Å². The molecule has 0 aliphatic rings. The highest BCUT2D eigenvalue weighted by molar-refractivity contribution is 5.98. The Morgan fingerprint density at radius 2 is 1.61 bits per heavy atom. The molecule has 0 spiro atoms. The Labute approximate surface area is 135 Å². The molecule has 0 radical (unpaired) electrons. The molecule has 1 aromatic heterocycles. The molecule has 5 heteroatoms. The third kappa shape index (κ3) is 3.13. The summed E-state index contributed by atoms with van der Waals surface area (Å²) in [5, 5.41) is 11.2. The number of carbonyl (C=O) groups excluding carboxylic acids is 1. The average Bonchev–Trinajstić information content (AvgIpc) is 3.01. The third-order valence-electron chi connectivity index (χ3n) is 3.35. The molecule has 0 saturated heterocycles. The second kappa shape index (κ2) is 6.44. The van der Waals surface area contributed by atoms with Crippen LogP contribution in [0.15, 0.2) is 60.7 Å². The van der Waals surface area contributed by atoms with Crippen LogP contribution in [0.5, 0.6) is 0 Å². The normalized spacial score (nSPS) is 10.7. The van der Waals surface area contributed by atoms with Gasteiger partial charge in [0.2, 0.25) is 0 Å². The van der Waals surface area contributed by atoms with E-state index in [2.05, 4.69) is 15.6 Å². The molecular formula is C18H18N4O. The molecule has 23 heavy (non-hydrogen) atoms. The van der Waals surface area contributed by atoms with Gasteiger partial charge in [0.15, 0.2) is 5.69 Å². The van der Waals surface area contributed by atoms with Gasteiger partial charge in [0.25, 0.3) is 5.91 Å². The van der Waals surface area contributed by atoms with Gasteiger partial charge in [0.1, 0.15) is 5.69 Å². The Hall–Kier alpha value is -2.95. The maximum absolute atomic E-state index is 12.5. The Morgan fingerprint density at radius 1 is 1.00 bits per heavy atom. The maximum Gasteiger partial charge on any atom is 0.274 e. The lowest BCUT2D eigenvalue weighted by atomic mass is 10.1. The number of rotatable bonds is 4. The van der Waals surface area contributed by atoms with Crippen molar-refractivity contribution in [3.8, 4) is 16.9 Å². The van der Waals surface area contributed by atoms with Crippen molar-refractivity contribution in [3.63, 3.8) is 0 Å². The summed E-state index contributed by atoms with van der Waals surface area (Å²) >= 11 is 0. The van der Waals surface area contributed by atoms with Crippen LogP contribution in [0.3, 0.4) is 0 Å². The molecule has 1 N–H and O–H groups in total. The minimum atomic E-state index is -0.221. The molecule has 0 fully saturated rings. The molecule has 3 aromatic rings. The number of para-hydroxylation sites is 1. The number of carbonyl (C=O) groups is 1. The number of hydrogen-bond donors (Lipinski definition) is 1. The van der Waals surface area contributed by atoms with Crippen molar-refractivity contribution >= 4 is 5.91 Å². The summed E-state index contributed by atoms with van der Waals surface area (Å²) in [4.78, 5) is 12.5. The zero-order valence-electron chi connectivity index (χ0n) is 13.1. The van der Waals surface area contributed by atoms with E-state index < -0.39 is 0 Å². The van der Waals surface area contributed by atoms with Crippen molar-refractivity contribution < 1.29 is 4.79 Å². The predicted octanol–water partition coefficient (Wildman–Crippen LogP) is 3.07. The molecule has 1 heterocycles. The van der Waals surface area contributed by atoms with E-state index in [1.807, 2.05) is 74.5 Å². The van der Waals surface area contributed by atoms with Crippen molar-refractivity contribution in [2.45, 2.75) is 19.9 Å². The van der Waals surface area contributed by atoms with Crippen molar-refractivity contribution in [2.24, 2.45) is 0 Å². The van der Waals surface area contributed by atoms with Crippen LogP contribution >= 0.6 is 0 Å². The first-order valence-electron chi connectivity index (χ1n) is 7.54. The van der Waals surface area contributed by atoms with Gasteiger partial charge in [-0.1, -0.05) is 53.7 Å². The number of amides is 1. The summed E-state index contributed by atoms with van der Waals surface area (Å²) in [6, 6.07) is 19.4. The Morgan fingerprint density at radius 3 is 2.22 bits per heavy atom. The molecule has 0 bridgehead atoms. The first-order chi connectivity index (χ1) is 11.2. The fraction of sp³-hybridized carbons (Fsp3) is 0.167. The quantitative estimate of drug-likeness (QED) is 0.806. The van der Waals surface area contributed by atoms with Crippen LogP contribution in [-0.4, -0.2) is 26.9 Å². The molecular weight excluding hydrogens is 288 g/mol. The molecule has 0 aliphatic carbocycles. The second-order valence-electron chi connectivity index (χ2n) is 5.53. The van der Waals surface area contributed by atoms with Crippen molar-refractivity contribution in [1.82, 2.24) is 20.3 Å². The summed E-state index contributed by atoms with van der Waals surface area (Å²) in [6.07, 6.45) is 0. The zero-order chi connectivity index (χ0) is 16.2. The second-order valence-corrected chi connectivity index (χ2v) is 5.53. The van der Waals surface area contributed by atoms with Crippen LogP contribution in [-0.2, 0) is 0 Å². The summed E-state index contributed by atoms with van der Waals surface area (Å²) in [6.45, 7) is 3.84. The molecule has 0 aliphatic heterocycles. The van der Waals surface area contributed by atoms with Crippen LogP contribution in [0.2, 0.25) is 0 Å². The SMILES string of the molecule is CC(C)NC(=O)c1nnn(-c2ccccc2)c1-c1ccccc1. The van der Waals surface area contributed by atoms with E-state index in [1.165, 1.54) is 0 Å². The Bertz CT molecular complexity index is 794. The fourth-order valence-electron chi connectivity index (χ4n) is 2.37. The summed E-state index contributed by atoms with van der Waals surface area (Å²) in [5.41, 5.74) is 2.78. The molecule has 116 valence electrons. The van der Waals surface area contributed by atoms with E-state index >= 15 is 0 Å². The monoisotopic (exact) mass is 306 g/mol. The van der Waals surface area contributed by atoms with Crippen LogP contribution < -0.4 is 5.32 Å². The van der Waals surface area contributed by atoms with Gasteiger partial charge in [-0.05, 0) is 26.0 Å². The maximum atomic E-state index is 12.5. The number of benzene rings is 2. The Kier molecular flexibility index (Phi) is 4.19. The molecule has 2 aromatic carbocycles. The van der Waals surface area contributed by atoms with Crippen LogP contribution in [0, 0.1) is 0 Å². The van der Waals surface area contributed by atoms with E-state index in [9.17, 15) is 4.79 Å². The summed E-state index contributed by atoms with van der Waals surface area (Å²) in [5.74, 6) is -0.221. The van der Waals surface area contributed by atoms with Gasteiger partial charge in [-0.2, -0.15) is 0 Å². The first-order valence-corrected chi connectivity index (χ1v) is 7.54. The van der Waals surface area contributed by atoms with Gasteiger partial charge >= 0.3 is 0 Å². The molecule has 1 amide bonds. The van der Waals surface area contributed by atoms with E-state index in [0.717, 1.165) is 11.3 Å². The standard InChI is InChI=1S/C18H18N4O/c1-13(2)19-18(23)16-17(14-9-5-3-6-10-14)22(21-20-16)15-11-7-4-8-12-15/h3-13H,1-2H3,(H,19,23). The lowest BCUT2D eigenvalue weighted by Gasteiger charge is -2.10. The van der Waals surface area contributed by atoms with E-state index in [0.29, 0.717) is 11.4 Å². The number of nitrogens with one attached hydrogen (secondary N) is 1. The van der Waals surface area contributed by atoms with Gasteiger partial charge < -0.3 is 5.32 Å². The van der Waals surface area contributed by atoms with Gasteiger partial charge in [-0.3, -0.25) is 4.79 Å². The van der Waals surface area contributed by atoms with E-state index in [-0.39, 0.29) is 11.9 Å². The van der Waals surface area contributed by atoms with Crippen LogP contribution in [0.25, 0.3) is 16.9 Å². The lowest BCUT2D eigenvalue weighted by Crippen LogP contribution is -2.30. The smallest absolute Gasteiger partial charge is 0.274 e.